The van der Waals surface area contributed by atoms with E-state index in [1.807, 2.05) is 6.26 Å². The molecule has 2 rings (SSSR count). The van der Waals surface area contributed by atoms with Crippen molar-refractivity contribution in [2.45, 2.75) is 26.4 Å². The Morgan fingerprint density at radius 3 is 2.10 bits per heavy atom. The highest BCUT2D eigenvalue weighted by Gasteiger charge is 2.50. The molecular weight excluding hydrogens is 124 g/mol. The van der Waals surface area contributed by atoms with Crippen LogP contribution in [0.5, 0.6) is 0 Å². The summed E-state index contributed by atoms with van der Waals surface area (Å²) in [6.45, 7) is 6.55. The van der Waals surface area contributed by atoms with Gasteiger partial charge in [-0.1, -0.05) is 19.9 Å². The van der Waals surface area contributed by atoms with Gasteiger partial charge in [-0.3, -0.25) is 0 Å². The van der Waals surface area contributed by atoms with Crippen LogP contribution in [0.4, 0.5) is 0 Å². The zero-order valence-corrected chi connectivity index (χ0v) is 6.64. The lowest BCUT2D eigenvalue weighted by molar-refractivity contribution is 0.0389. The molecule has 0 spiro atoms. The van der Waals surface area contributed by atoms with Crippen LogP contribution in [0.15, 0.2) is 24.0 Å². The van der Waals surface area contributed by atoms with Crippen molar-refractivity contribution >= 4 is 0 Å². The van der Waals surface area contributed by atoms with Crippen LogP contribution in [0.1, 0.15) is 20.8 Å². The van der Waals surface area contributed by atoms with Crippen molar-refractivity contribution in [3.8, 4) is 0 Å². The Hall–Kier alpha value is -0.720. The zero-order chi connectivity index (χ0) is 7.41. The highest BCUT2D eigenvalue weighted by molar-refractivity contribution is 5.42. The van der Waals surface area contributed by atoms with E-state index in [0.29, 0.717) is 0 Å². The van der Waals surface area contributed by atoms with Crippen LogP contribution >= 0.6 is 0 Å². The summed E-state index contributed by atoms with van der Waals surface area (Å²) >= 11 is 0. The van der Waals surface area contributed by atoms with E-state index in [2.05, 4.69) is 32.9 Å². The van der Waals surface area contributed by atoms with E-state index in [1.165, 1.54) is 5.57 Å². The lowest BCUT2D eigenvalue weighted by Gasteiger charge is -2.31. The van der Waals surface area contributed by atoms with Gasteiger partial charge in [-0.2, -0.15) is 0 Å². The van der Waals surface area contributed by atoms with E-state index in [4.69, 9.17) is 4.74 Å². The molecule has 0 fully saturated rings. The number of fused-ring (bicyclic) bond motifs is 2. The Balaban J connectivity index is 2.55. The molecule has 10 heavy (non-hydrogen) atoms. The number of hydrogen-bond donors (Lipinski definition) is 0. The quantitative estimate of drug-likeness (QED) is 0.496. The van der Waals surface area contributed by atoms with E-state index in [9.17, 15) is 0 Å². The predicted molar refractivity (Wildman–Crippen MR) is 40.5 cm³/mol. The molecule has 54 valence electrons. The predicted octanol–water partition coefficient (Wildman–Crippen LogP) is 2.26. The van der Waals surface area contributed by atoms with Crippen molar-refractivity contribution in [1.82, 2.24) is 0 Å². The fraction of sp³-hybridized carbons (Fsp3) is 0.556. The van der Waals surface area contributed by atoms with Crippen molar-refractivity contribution in [2.75, 3.05) is 0 Å². The summed E-state index contributed by atoms with van der Waals surface area (Å²) < 4.78 is 5.51. The normalized spacial score (nSPS) is 39.7. The average molecular weight is 136 g/mol. The summed E-state index contributed by atoms with van der Waals surface area (Å²) in [5.74, 6) is 0. The van der Waals surface area contributed by atoms with Crippen molar-refractivity contribution in [3.05, 3.63) is 24.0 Å². The first-order chi connectivity index (χ1) is 4.56. The van der Waals surface area contributed by atoms with Gasteiger partial charge in [-0.25, -0.2) is 0 Å². The Morgan fingerprint density at radius 1 is 1.30 bits per heavy atom. The van der Waals surface area contributed by atoms with Crippen LogP contribution in [0.2, 0.25) is 0 Å². The smallest absolute Gasteiger partial charge is 0.133 e. The van der Waals surface area contributed by atoms with Gasteiger partial charge in [0, 0.05) is 5.41 Å². The van der Waals surface area contributed by atoms with E-state index < -0.39 is 0 Å². The van der Waals surface area contributed by atoms with Gasteiger partial charge in [-0.05, 0) is 18.6 Å². The Bertz CT molecular complexity index is 232. The lowest BCUT2D eigenvalue weighted by atomic mass is 9.78. The summed E-state index contributed by atoms with van der Waals surface area (Å²) in [4.78, 5) is 0. The molecule has 0 saturated heterocycles. The second-order valence-electron chi connectivity index (χ2n) is 3.76. The highest BCUT2D eigenvalue weighted by atomic mass is 16.5. The summed E-state index contributed by atoms with van der Waals surface area (Å²) in [6, 6.07) is 0. The molecule has 1 heterocycles. The van der Waals surface area contributed by atoms with Crippen molar-refractivity contribution in [3.63, 3.8) is 0 Å². The van der Waals surface area contributed by atoms with Crippen LogP contribution in [-0.4, -0.2) is 5.60 Å². The molecule has 2 bridgehead atoms. The molecule has 1 heteroatoms. The second-order valence-corrected chi connectivity index (χ2v) is 3.76. The van der Waals surface area contributed by atoms with Gasteiger partial charge < -0.3 is 4.74 Å². The number of rotatable bonds is 0. The molecule has 0 saturated carbocycles. The maximum atomic E-state index is 5.51. The van der Waals surface area contributed by atoms with Crippen molar-refractivity contribution in [1.29, 1.82) is 0 Å². The fourth-order valence-electron chi connectivity index (χ4n) is 1.51. The molecule has 2 aliphatic rings. The third-order valence-electron chi connectivity index (χ3n) is 2.97. The third kappa shape index (κ3) is 0.416. The van der Waals surface area contributed by atoms with Gasteiger partial charge in [0.1, 0.15) is 5.60 Å². The van der Waals surface area contributed by atoms with Gasteiger partial charge in [0.25, 0.3) is 0 Å². The molecule has 1 aliphatic heterocycles. The molecule has 0 aromatic heterocycles. The van der Waals surface area contributed by atoms with Crippen LogP contribution in [0.25, 0.3) is 0 Å². The summed E-state index contributed by atoms with van der Waals surface area (Å²) in [5.41, 5.74) is 1.44. The second kappa shape index (κ2) is 1.31. The molecule has 0 radical (unpaired) electrons. The van der Waals surface area contributed by atoms with E-state index in [-0.39, 0.29) is 11.0 Å². The first-order valence-electron chi connectivity index (χ1n) is 3.64. The molecule has 1 nitrogen and oxygen atoms in total. The molecule has 0 aromatic carbocycles. The first kappa shape index (κ1) is 6.02. The van der Waals surface area contributed by atoms with Gasteiger partial charge >= 0.3 is 0 Å². The minimum absolute atomic E-state index is 0.0671. The molecule has 0 amide bonds. The highest BCUT2D eigenvalue weighted by Crippen LogP contribution is 2.51. The largest absolute Gasteiger partial charge is 0.490 e. The van der Waals surface area contributed by atoms with Gasteiger partial charge in [0.15, 0.2) is 0 Å². The number of ether oxygens (including phenoxy) is 1. The molecular formula is C9H12O. The van der Waals surface area contributed by atoms with Crippen LogP contribution in [0, 0.1) is 5.41 Å². The van der Waals surface area contributed by atoms with E-state index in [1.54, 1.807) is 0 Å². The monoisotopic (exact) mass is 136 g/mol. The van der Waals surface area contributed by atoms with Gasteiger partial charge in [0.2, 0.25) is 0 Å². The summed E-state index contributed by atoms with van der Waals surface area (Å²) in [7, 11) is 0. The van der Waals surface area contributed by atoms with Crippen molar-refractivity contribution < 1.29 is 4.74 Å². The molecule has 0 N–H and O–H groups in total. The van der Waals surface area contributed by atoms with Gasteiger partial charge in [-0.15, -0.1) is 0 Å². The standard InChI is InChI=1S/C9H12O/c1-8(2)7-4-5-9(8,3)10-6-7/h4-6H,1-3H3. The van der Waals surface area contributed by atoms with E-state index >= 15 is 0 Å². The maximum absolute atomic E-state index is 5.51. The molecule has 1 aliphatic carbocycles. The minimum Gasteiger partial charge on any atom is -0.490 e. The Kier molecular flexibility index (Phi) is 0.791. The Labute approximate surface area is 61.4 Å². The molecule has 1 unspecified atom stereocenters. The van der Waals surface area contributed by atoms with E-state index in [0.717, 1.165) is 0 Å². The lowest BCUT2D eigenvalue weighted by Crippen LogP contribution is -2.34. The number of allylic oxidation sites excluding steroid dienone is 1. The van der Waals surface area contributed by atoms with Crippen molar-refractivity contribution in [2.24, 2.45) is 5.41 Å². The first-order valence-corrected chi connectivity index (χ1v) is 3.64. The fourth-order valence-corrected chi connectivity index (χ4v) is 1.51. The maximum Gasteiger partial charge on any atom is 0.133 e. The zero-order valence-electron chi connectivity index (χ0n) is 6.64. The van der Waals surface area contributed by atoms with Crippen LogP contribution in [-0.2, 0) is 4.74 Å². The van der Waals surface area contributed by atoms with Gasteiger partial charge in [0.05, 0.1) is 6.26 Å². The number of hydrogen-bond acceptors (Lipinski definition) is 1. The third-order valence-corrected chi connectivity index (χ3v) is 2.97. The average Bonchev–Trinajstić information content (AvgIpc) is 2.18. The topological polar surface area (TPSA) is 9.23 Å². The van der Waals surface area contributed by atoms with Crippen LogP contribution in [0.3, 0.4) is 0 Å². The summed E-state index contributed by atoms with van der Waals surface area (Å²) in [5, 5.41) is 0. The summed E-state index contributed by atoms with van der Waals surface area (Å²) in [6.07, 6.45) is 6.17. The SMILES string of the molecule is CC12C=CC(=CO1)C2(C)C. The minimum atomic E-state index is -0.0671. The van der Waals surface area contributed by atoms with Crippen LogP contribution < -0.4 is 0 Å². The molecule has 1 atom stereocenters. The Morgan fingerprint density at radius 2 is 2.00 bits per heavy atom. The molecule has 0 aromatic rings.